The van der Waals surface area contributed by atoms with Gasteiger partial charge in [0.05, 0.1) is 34.4 Å². The number of benzene rings is 2. The highest BCUT2D eigenvalue weighted by Crippen LogP contribution is 2.22. The van der Waals surface area contributed by atoms with Crippen molar-refractivity contribution in [2.24, 2.45) is 0 Å². The first kappa shape index (κ1) is 24.9. The molecule has 0 saturated heterocycles. The second-order valence-electron chi connectivity index (χ2n) is 9.20. The number of imidazole rings is 1. The van der Waals surface area contributed by atoms with Gasteiger partial charge in [0.2, 0.25) is 0 Å². The molecule has 40 heavy (non-hydrogen) atoms. The second kappa shape index (κ2) is 11.2. The van der Waals surface area contributed by atoms with Gasteiger partial charge in [-0.2, -0.15) is 0 Å². The van der Waals surface area contributed by atoms with E-state index >= 15 is 0 Å². The van der Waals surface area contributed by atoms with Crippen LogP contribution in [0, 0.1) is 0 Å². The summed E-state index contributed by atoms with van der Waals surface area (Å²) in [4.78, 5) is 38.0. The number of hydrogen-bond donors (Lipinski definition) is 4. The van der Waals surface area contributed by atoms with Crippen LogP contribution in [-0.4, -0.2) is 49.4 Å². The molecule has 0 spiro atoms. The Hall–Kier alpha value is -5.38. The Morgan fingerprint density at radius 3 is 2.67 bits per heavy atom. The number of carbonyl (C=O) groups is 1. The number of para-hydroxylation sites is 3. The van der Waals surface area contributed by atoms with Crippen molar-refractivity contribution in [2.45, 2.75) is 13.0 Å². The molecule has 0 saturated carbocycles. The number of anilines is 2. The van der Waals surface area contributed by atoms with Crippen LogP contribution in [0.3, 0.4) is 0 Å². The molecule has 0 aliphatic heterocycles. The number of nitrogens with one attached hydrogen (secondary N) is 4. The van der Waals surface area contributed by atoms with Gasteiger partial charge in [-0.1, -0.05) is 30.3 Å². The van der Waals surface area contributed by atoms with E-state index in [1.807, 2.05) is 60.7 Å². The zero-order chi connectivity index (χ0) is 27.3. The SMILES string of the molecule is CNC(=O)c1ccnc2c(CCNc3cc(-c4ccc(NCc5nc6ccccc6[nH]5)nc4)ncn3)cccc12. The van der Waals surface area contributed by atoms with Gasteiger partial charge in [-0.05, 0) is 42.3 Å². The summed E-state index contributed by atoms with van der Waals surface area (Å²) in [6.45, 7) is 1.19. The zero-order valence-electron chi connectivity index (χ0n) is 21.8. The Morgan fingerprint density at radius 2 is 1.82 bits per heavy atom. The summed E-state index contributed by atoms with van der Waals surface area (Å²) in [5.41, 5.74) is 6.12. The quantitative estimate of drug-likeness (QED) is 0.214. The summed E-state index contributed by atoms with van der Waals surface area (Å²) < 4.78 is 0. The van der Waals surface area contributed by atoms with E-state index in [-0.39, 0.29) is 5.91 Å². The molecule has 4 N–H and O–H groups in total. The van der Waals surface area contributed by atoms with Crippen LogP contribution in [-0.2, 0) is 13.0 Å². The van der Waals surface area contributed by atoms with E-state index in [1.54, 1.807) is 31.8 Å². The average Bonchev–Trinajstić information content (AvgIpc) is 3.43. The van der Waals surface area contributed by atoms with Crippen molar-refractivity contribution >= 4 is 39.5 Å². The van der Waals surface area contributed by atoms with Crippen molar-refractivity contribution in [3.8, 4) is 11.3 Å². The van der Waals surface area contributed by atoms with E-state index in [2.05, 4.69) is 45.9 Å². The van der Waals surface area contributed by atoms with E-state index in [0.717, 1.165) is 56.2 Å². The number of H-pyrrole nitrogens is 1. The van der Waals surface area contributed by atoms with Gasteiger partial charge < -0.3 is 20.9 Å². The number of nitrogens with zero attached hydrogens (tertiary/aromatic N) is 5. The first-order valence-electron chi connectivity index (χ1n) is 13.0. The minimum absolute atomic E-state index is 0.124. The smallest absolute Gasteiger partial charge is 0.251 e. The molecule has 10 heteroatoms. The molecule has 10 nitrogen and oxygen atoms in total. The predicted molar refractivity (Wildman–Crippen MR) is 156 cm³/mol. The molecule has 0 aliphatic rings. The van der Waals surface area contributed by atoms with Crippen LogP contribution in [0.5, 0.6) is 0 Å². The summed E-state index contributed by atoms with van der Waals surface area (Å²) in [6, 6.07) is 21.4. The van der Waals surface area contributed by atoms with Crippen LogP contribution in [0.25, 0.3) is 33.2 Å². The minimum Gasteiger partial charge on any atom is -0.370 e. The molecule has 0 bridgehead atoms. The van der Waals surface area contributed by atoms with Gasteiger partial charge >= 0.3 is 0 Å². The molecule has 0 radical (unpaired) electrons. The topological polar surface area (TPSA) is 133 Å². The van der Waals surface area contributed by atoms with Crippen LogP contribution in [0.15, 0.2) is 85.5 Å². The van der Waals surface area contributed by atoms with Crippen LogP contribution < -0.4 is 16.0 Å². The lowest BCUT2D eigenvalue weighted by Crippen LogP contribution is -2.18. The Bertz CT molecular complexity index is 1760. The molecule has 2 aromatic carbocycles. The predicted octanol–water partition coefficient (Wildman–Crippen LogP) is 4.59. The third-order valence-corrected chi connectivity index (χ3v) is 6.63. The first-order valence-corrected chi connectivity index (χ1v) is 13.0. The van der Waals surface area contributed by atoms with Gasteiger partial charge in [-0.3, -0.25) is 9.78 Å². The van der Waals surface area contributed by atoms with E-state index in [0.29, 0.717) is 25.1 Å². The highest BCUT2D eigenvalue weighted by atomic mass is 16.1. The van der Waals surface area contributed by atoms with E-state index < -0.39 is 0 Å². The molecule has 0 unspecified atom stereocenters. The van der Waals surface area contributed by atoms with Gasteiger partial charge in [0.1, 0.15) is 23.8 Å². The lowest BCUT2D eigenvalue weighted by atomic mass is 10.0. The van der Waals surface area contributed by atoms with Crippen molar-refractivity contribution < 1.29 is 4.79 Å². The normalized spacial score (nSPS) is 11.0. The van der Waals surface area contributed by atoms with E-state index in [9.17, 15) is 4.79 Å². The largest absolute Gasteiger partial charge is 0.370 e. The molecule has 6 rings (SSSR count). The van der Waals surface area contributed by atoms with Crippen molar-refractivity contribution in [2.75, 3.05) is 24.2 Å². The fourth-order valence-corrected chi connectivity index (χ4v) is 4.62. The van der Waals surface area contributed by atoms with Crippen LogP contribution >= 0.6 is 0 Å². The van der Waals surface area contributed by atoms with Crippen LogP contribution in [0.1, 0.15) is 21.7 Å². The standard InChI is InChI=1S/C30H27N9O/c1-31-30(40)22-12-14-33-29-19(5-4-6-21(22)29)11-13-32-27-15-25(36-18-37-27)20-9-10-26(34-16-20)35-17-28-38-23-7-2-3-8-24(23)39-28/h2-10,12,14-16,18H,11,13,17H2,1H3,(H,31,40)(H,34,35)(H,38,39)(H,32,36,37). The van der Waals surface area contributed by atoms with Crippen molar-refractivity contribution in [1.29, 1.82) is 0 Å². The molecule has 198 valence electrons. The molecular weight excluding hydrogens is 502 g/mol. The maximum atomic E-state index is 12.3. The van der Waals surface area contributed by atoms with Crippen LogP contribution in [0.2, 0.25) is 0 Å². The fraction of sp³-hybridized carbons (Fsp3) is 0.133. The number of aromatic nitrogens is 6. The van der Waals surface area contributed by atoms with Gasteiger partial charge in [-0.25, -0.2) is 19.9 Å². The Labute approximate surface area is 230 Å². The molecule has 4 heterocycles. The Kier molecular flexibility index (Phi) is 6.95. The Morgan fingerprint density at radius 1 is 0.900 bits per heavy atom. The molecule has 1 amide bonds. The second-order valence-corrected chi connectivity index (χ2v) is 9.20. The molecule has 0 fully saturated rings. The van der Waals surface area contributed by atoms with Crippen molar-refractivity contribution in [3.63, 3.8) is 0 Å². The summed E-state index contributed by atoms with van der Waals surface area (Å²) >= 11 is 0. The number of aromatic amines is 1. The first-order chi connectivity index (χ1) is 19.7. The third-order valence-electron chi connectivity index (χ3n) is 6.63. The number of rotatable bonds is 9. The molecule has 6 aromatic rings. The molecule has 0 aliphatic carbocycles. The van der Waals surface area contributed by atoms with Gasteiger partial charge in [0.15, 0.2) is 0 Å². The average molecular weight is 530 g/mol. The zero-order valence-corrected chi connectivity index (χ0v) is 21.8. The van der Waals surface area contributed by atoms with Crippen molar-refractivity contribution in [1.82, 2.24) is 35.2 Å². The maximum Gasteiger partial charge on any atom is 0.251 e. The highest BCUT2D eigenvalue weighted by Gasteiger charge is 2.11. The summed E-state index contributed by atoms with van der Waals surface area (Å²) in [7, 11) is 1.63. The maximum absolute atomic E-state index is 12.3. The summed E-state index contributed by atoms with van der Waals surface area (Å²) in [5, 5.41) is 10.2. The number of carbonyl (C=O) groups excluding carboxylic acids is 1. The van der Waals surface area contributed by atoms with Gasteiger partial charge in [0, 0.05) is 43.0 Å². The lowest BCUT2D eigenvalue weighted by Gasteiger charge is -2.10. The fourth-order valence-electron chi connectivity index (χ4n) is 4.62. The third kappa shape index (κ3) is 5.28. The highest BCUT2D eigenvalue weighted by molar-refractivity contribution is 6.06. The summed E-state index contributed by atoms with van der Waals surface area (Å²) in [5.74, 6) is 2.20. The van der Waals surface area contributed by atoms with E-state index in [4.69, 9.17) is 0 Å². The monoisotopic (exact) mass is 529 g/mol. The van der Waals surface area contributed by atoms with Crippen molar-refractivity contribution in [3.05, 3.63) is 102 Å². The lowest BCUT2D eigenvalue weighted by molar-refractivity contribution is 0.0964. The van der Waals surface area contributed by atoms with Crippen LogP contribution in [0.4, 0.5) is 11.6 Å². The number of pyridine rings is 2. The minimum atomic E-state index is -0.124. The van der Waals surface area contributed by atoms with Gasteiger partial charge in [-0.15, -0.1) is 0 Å². The van der Waals surface area contributed by atoms with Gasteiger partial charge in [0.25, 0.3) is 5.91 Å². The number of hydrogen-bond acceptors (Lipinski definition) is 8. The summed E-state index contributed by atoms with van der Waals surface area (Å²) in [6.07, 6.45) is 5.72. The molecule has 4 aromatic heterocycles. The number of amides is 1. The molecule has 0 atom stereocenters. The van der Waals surface area contributed by atoms with E-state index in [1.165, 1.54) is 0 Å². The number of fused-ring (bicyclic) bond motifs is 2. The molecular formula is C30H27N9O. The Balaban J connectivity index is 1.09.